The second-order valence-corrected chi connectivity index (χ2v) is 6.17. The fraction of sp³-hybridized carbons (Fsp3) is 0.923. The number of rotatable bonds is 0. The molecule has 5 nitrogen and oxygen atoms in total. The molecule has 2 fully saturated rings. The zero-order chi connectivity index (χ0) is 13.2. The Hall–Kier alpha value is -0.810. The van der Waals surface area contributed by atoms with Gasteiger partial charge in [-0.25, -0.2) is 4.79 Å². The van der Waals surface area contributed by atoms with Gasteiger partial charge in [0, 0.05) is 32.2 Å². The fourth-order valence-electron chi connectivity index (χ4n) is 2.55. The van der Waals surface area contributed by atoms with Crippen LogP contribution in [0.2, 0.25) is 0 Å². The fourth-order valence-corrected chi connectivity index (χ4v) is 2.55. The van der Waals surface area contributed by atoms with Crippen molar-refractivity contribution < 1.29 is 9.53 Å². The highest BCUT2D eigenvalue weighted by molar-refractivity contribution is 5.68. The molecule has 1 amide bonds. The van der Waals surface area contributed by atoms with Crippen molar-refractivity contribution in [1.29, 1.82) is 0 Å². The van der Waals surface area contributed by atoms with E-state index in [9.17, 15) is 4.79 Å². The number of carbonyl (C=O) groups excluding carboxylic acids is 1. The van der Waals surface area contributed by atoms with Crippen LogP contribution >= 0.6 is 0 Å². The largest absolute Gasteiger partial charge is 0.444 e. The van der Waals surface area contributed by atoms with Gasteiger partial charge >= 0.3 is 6.09 Å². The van der Waals surface area contributed by atoms with Crippen molar-refractivity contribution in [2.24, 2.45) is 0 Å². The zero-order valence-electron chi connectivity index (χ0n) is 11.7. The number of carbonyl (C=O) groups is 1. The van der Waals surface area contributed by atoms with Gasteiger partial charge < -0.3 is 15.0 Å². The summed E-state index contributed by atoms with van der Waals surface area (Å²) in [4.78, 5) is 16.4. The predicted octanol–water partition coefficient (Wildman–Crippen LogP) is 0.901. The molecule has 2 aliphatic rings. The van der Waals surface area contributed by atoms with Crippen molar-refractivity contribution in [2.45, 2.75) is 38.8 Å². The van der Waals surface area contributed by atoms with E-state index in [0.717, 1.165) is 39.3 Å². The van der Waals surface area contributed by atoms with Crippen LogP contribution < -0.4 is 5.32 Å². The number of amides is 1. The van der Waals surface area contributed by atoms with E-state index in [-0.39, 0.29) is 6.09 Å². The third-order valence-corrected chi connectivity index (χ3v) is 3.44. The predicted molar refractivity (Wildman–Crippen MR) is 70.7 cm³/mol. The number of hydrogen-bond donors (Lipinski definition) is 1. The first-order valence-corrected chi connectivity index (χ1v) is 6.88. The van der Waals surface area contributed by atoms with Crippen LogP contribution in [-0.4, -0.2) is 66.8 Å². The average molecular weight is 255 g/mol. The lowest BCUT2D eigenvalue weighted by Gasteiger charge is -2.40. The van der Waals surface area contributed by atoms with Gasteiger partial charge in [-0.15, -0.1) is 0 Å². The van der Waals surface area contributed by atoms with E-state index in [4.69, 9.17) is 4.74 Å². The first kappa shape index (κ1) is 13.6. The van der Waals surface area contributed by atoms with Crippen molar-refractivity contribution in [3.8, 4) is 0 Å². The summed E-state index contributed by atoms with van der Waals surface area (Å²) in [6, 6.07) is 0.439. The van der Waals surface area contributed by atoms with Gasteiger partial charge in [0.15, 0.2) is 0 Å². The first-order chi connectivity index (χ1) is 8.46. The topological polar surface area (TPSA) is 44.8 Å². The number of nitrogens with one attached hydrogen (secondary N) is 1. The summed E-state index contributed by atoms with van der Waals surface area (Å²) < 4.78 is 5.44. The molecular formula is C13H25N3O2. The van der Waals surface area contributed by atoms with Crippen LogP contribution in [0.4, 0.5) is 4.79 Å². The highest BCUT2D eigenvalue weighted by Gasteiger charge is 2.32. The highest BCUT2D eigenvalue weighted by Crippen LogP contribution is 2.15. The molecule has 0 spiro atoms. The minimum atomic E-state index is -0.407. The van der Waals surface area contributed by atoms with Crippen molar-refractivity contribution >= 4 is 6.09 Å². The maximum absolute atomic E-state index is 12.0. The average Bonchev–Trinajstić information content (AvgIpc) is 2.50. The van der Waals surface area contributed by atoms with Crippen LogP contribution in [0, 0.1) is 0 Å². The molecule has 0 saturated carbocycles. The monoisotopic (exact) mass is 255 g/mol. The molecule has 0 aromatic heterocycles. The molecule has 5 heteroatoms. The summed E-state index contributed by atoms with van der Waals surface area (Å²) in [6.45, 7) is 11.5. The Balaban J connectivity index is 1.91. The Kier molecular flexibility index (Phi) is 4.12. The minimum absolute atomic E-state index is 0.175. The van der Waals surface area contributed by atoms with Gasteiger partial charge in [0.25, 0.3) is 0 Å². The molecule has 0 bridgehead atoms. The Morgan fingerprint density at radius 1 is 1.28 bits per heavy atom. The van der Waals surface area contributed by atoms with Crippen LogP contribution in [0.1, 0.15) is 27.2 Å². The van der Waals surface area contributed by atoms with Crippen LogP contribution in [0.15, 0.2) is 0 Å². The first-order valence-electron chi connectivity index (χ1n) is 6.88. The Labute approximate surface area is 109 Å². The summed E-state index contributed by atoms with van der Waals surface area (Å²) in [7, 11) is 0. The number of ether oxygens (including phenoxy) is 1. The molecule has 2 rings (SSSR count). The number of piperazine rings is 1. The standard InChI is InChI=1S/C13H25N3O2/c1-13(2,3)18-12(17)16-8-7-15-6-4-5-14-9-11(15)10-16/h11,14H,4-10H2,1-3H3. The quantitative estimate of drug-likeness (QED) is 0.698. The van der Waals surface area contributed by atoms with E-state index in [1.807, 2.05) is 25.7 Å². The smallest absolute Gasteiger partial charge is 0.410 e. The van der Waals surface area contributed by atoms with Crippen LogP contribution in [0.5, 0.6) is 0 Å². The second-order valence-electron chi connectivity index (χ2n) is 6.17. The molecule has 0 aliphatic carbocycles. The summed E-state index contributed by atoms with van der Waals surface area (Å²) in [6.07, 6.45) is 1.02. The molecule has 2 heterocycles. The minimum Gasteiger partial charge on any atom is -0.444 e. The molecule has 2 saturated heterocycles. The molecule has 1 atom stereocenters. The lowest BCUT2D eigenvalue weighted by Crippen LogP contribution is -2.57. The third-order valence-electron chi connectivity index (χ3n) is 3.44. The molecule has 0 aromatic carbocycles. The lowest BCUT2D eigenvalue weighted by molar-refractivity contribution is 0.00549. The lowest BCUT2D eigenvalue weighted by atomic mass is 10.1. The Bertz CT molecular complexity index is 301. The molecule has 1 unspecified atom stereocenters. The number of hydrogen-bond acceptors (Lipinski definition) is 4. The van der Waals surface area contributed by atoms with Gasteiger partial charge in [0.2, 0.25) is 0 Å². The number of nitrogens with zero attached hydrogens (tertiary/aromatic N) is 2. The molecule has 0 aromatic rings. The van der Waals surface area contributed by atoms with Gasteiger partial charge in [-0.3, -0.25) is 4.90 Å². The Morgan fingerprint density at radius 2 is 2.06 bits per heavy atom. The van der Waals surface area contributed by atoms with Crippen LogP contribution in [0.25, 0.3) is 0 Å². The third kappa shape index (κ3) is 3.59. The van der Waals surface area contributed by atoms with E-state index < -0.39 is 5.60 Å². The summed E-state index contributed by atoms with van der Waals surface area (Å²) in [5.41, 5.74) is -0.407. The van der Waals surface area contributed by atoms with Crippen molar-refractivity contribution in [2.75, 3.05) is 39.3 Å². The number of fused-ring (bicyclic) bond motifs is 1. The van der Waals surface area contributed by atoms with Gasteiger partial charge in [-0.2, -0.15) is 0 Å². The van der Waals surface area contributed by atoms with Crippen molar-refractivity contribution in [3.63, 3.8) is 0 Å². The SMILES string of the molecule is CC(C)(C)OC(=O)N1CCN2CCCNCC2C1. The maximum Gasteiger partial charge on any atom is 0.410 e. The summed E-state index contributed by atoms with van der Waals surface area (Å²) >= 11 is 0. The molecule has 2 aliphatic heterocycles. The van der Waals surface area contributed by atoms with Crippen molar-refractivity contribution in [3.05, 3.63) is 0 Å². The van der Waals surface area contributed by atoms with E-state index >= 15 is 0 Å². The van der Waals surface area contributed by atoms with E-state index in [1.54, 1.807) is 0 Å². The van der Waals surface area contributed by atoms with Gasteiger partial charge in [0.05, 0.1) is 0 Å². The van der Waals surface area contributed by atoms with Gasteiger partial charge in [0.1, 0.15) is 5.60 Å². The van der Waals surface area contributed by atoms with Crippen molar-refractivity contribution in [1.82, 2.24) is 15.1 Å². The van der Waals surface area contributed by atoms with E-state index in [0.29, 0.717) is 6.04 Å². The molecular weight excluding hydrogens is 230 g/mol. The summed E-state index contributed by atoms with van der Waals surface area (Å²) in [5.74, 6) is 0. The maximum atomic E-state index is 12.0. The summed E-state index contributed by atoms with van der Waals surface area (Å²) in [5, 5.41) is 3.43. The molecule has 18 heavy (non-hydrogen) atoms. The van der Waals surface area contributed by atoms with Gasteiger partial charge in [-0.1, -0.05) is 0 Å². The normalized spacial score (nSPS) is 26.4. The van der Waals surface area contributed by atoms with E-state index in [1.165, 1.54) is 6.42 Å². The zero-order valence-corrected chi connectivity index (χ0v) is 11.7. The molecule has 104 valence electrons. The van der Waals surface area contributed by atoms with Gasteiger partial charge in [-0.05, 0) is 40.3 Å². The Morgan fingerprint density at radius 3 is 2.78 bits per heavy atom. The van der Waals surface area contributed by atoms with Crippen LogP contribution in [-0.2, 0) is 4.74 Å². The highest BCUT2D eigenvalue weighted by atomic mass is 16.6. The van der Waals surface area contributed by atoms with Crippen LogP contribution in [0.3, 0.4) is 0 Å². The molecule has 0 radical (unpaired) electrons. The molecule has 1 N–H and O–H groups in total. The van der Waals surface area contributed by atoms with E-state index in [2.05, 4.69) is 10.2 Å². The second kappa shape index (κ2) is 5.45.